The molecule has 1 N–H and O–H groups in total. The smallest absolute Gasteiger partial charge is 0.243 e. The van der Waals surface area contributed by atoms with Crippen LogP contribution < -0.4 is 5.32 Å². The zero-order valence-corrected chi connectivity index (χ0v) is 20.1. The molecule has 0 aromatic heterocycles. The average Bonchev–Trinajstić information content (AvgIpc) is 3.05. The first kappa shape index (κ1) is 23.2. The van der Waals surface area contributed by atoms with Crippen LogP contribution in [0.25, 0.3) is 0 Å². The third-order valence-electron chi connectivity index (χ3n) is 6.75. The van der Waals surface area contributed by atoms with Crippen molar-refractivity contribution in [2.75, 3.05) is 13.1 Å². The van der Waals surface area contributed by atoms with Gasteiger partial charge in [0.15, 0.2) is 0 Å². The van der Waals surface area contributed by atoms with E-state index in [1.807, 2.05) is 35.2 Å². The Morgan fingerprint density at radius 1 is 1.09 bits per heavy atom. The second kappa shape index (κ2) is 9.14. The van der Waals surface area contributed by atoms with Gasteiger partial charge in [-0.3, -0.25) is 10.1 Å². The Balaban J connectivity index is 1.54. The third kappa shape index (κ3) is 4.31. The molecule has 8 heteroatoms. The predicted octanol–water partition coefficient (Wildman–Crippen LogP) is 3.66. The number of nitrogens with zero attached hydrogens (tertiary/aromatic N) is 2. The number of piperidine rings is 1. The summed E-state index contributed by atoms with van der Waals surface area (Å²) in [7, 11) is -3.60. The molecule has 6 nitrogen and oxygen atoms in total. The Kier molecular flexibility index (Phi) is 6.63. The Labute approximate surface area is 195 Å². The SMILES string of the molecule is CC[C@@H](C)N1C(=O)[C@@H](Cc2ccccc2)NC12CCN(S(=O)(=O)c1ccc(Cl)cc1)CC2. The zero-order chi connectivity index (χ0) is 22.9. The zero-order valence-electron chi connectivity index (χ0n) is 18.5. The van der Waals surface area contributed by atoms with Crippen molar-refractivity contribution in [1.82, 2.24) is 14.5 Å². The first-order valence-electron chi connectivity index (χ1n) is 11.2. The fourth-order valence-electron chi connectivity index (χ4n) is 4.88. The van der Waals surface area contributed by atoms with Gasteiger partial charge in [-0.15, -0.1) is 0 Å². The molecule has 2 heterocycles. The van der Waals surface area contributed by atoms with Gasteiger partial charge < -0.3 is 4.90 Å². The normalized spacial score (nSPS) is 22.4. The largest absolute Gasteiger partial charge is 0.320 e. The van der Waals surface area contributed by atoms with Crippen molar-refractivity contribution in [3.63, 3.8) is 0 Å². The highest BCUT2D eigenvalue weighted by Gasteiger charge is 2.53. The molecule has 2 aliphatic heterocycles. The van der Waals surface area contributed by atoms with E-state index in [4.69, 9.17) is 11.6 Å². The Bertz CT molecular complexity index is 1050. The number of carbonyl (C=O) groups is 1. The molecule has 2 saturated heterocycles. The van der Waals surface area contributed by atoms with E-state index in [-0.39, 0.29) is 22.9 Å². The van der Waals surface area contributed by atoms with Crippen LogP contribution in [0.5, 0.6) is 0 Å². The van der Waals surface area contributed by atoms with Crippen LogP contribution in [0.15, 0.2) is 59.5 Å². The molecular formula is C24H30ClN3O3S. The number of sulfonamides is 1. The molecule has 32 heavy (non-hydrogen) atoms. The summed E-state index contributed by atoms with van der Waals surface area (Å²) in [6, 6.07) is 16.1. The minimum atomic E-state index is -3.60. The van der Waals surface area contributed by atoms with E-state index in [1.165, 1.54) is 4.31 Å². The van der Waals surface area contributed by atoms with E-state index in [0.29, 0.717) is 37.4 Å². The molecule has 2 fully saturated rings. The molecule has 0 unspecified atom stereocenters. The van der Waals surface area contributed by atoms with Crippen LogP contribution in [0.3, 0.4) is 0 Å². The summed E-state index contributed by atoms with van der Waals surface area (Å²) in [6.07, 6.45) is 2.59. The number of amides is 1. The minimum absolute atomic E-state index is 0.0789. The van der Waals surface area contributed by atoms with Gasteiger partial charge in [0, 0.05) is 24.2 Å². The van der Waals surface area contributed by atoms with Crippen LogP contribution in [-0.4, -0.2) is 54.4 Å². The molecule has 1 amide bonds. The van der Waals surface area contributed by atoms with Gasteiger partial charge in [0.2, 0.25) is 15.9 Å². The van der Waals surface area contributed by atoms with E-state index in [9.17, 15) is 13.2 Å². The van der Waals surface area contributed by atoms with Gasteiger partial charge in [0.1, 0.15) is 0 Å². The molecule has 2 aromatic rings. The highest BCUT2D eigenvalue weighted by molar-refractivity contribution is 7.89. The molecule has 2 atom stereocenters. The van der Waals surface area contributed by atoms with E-state index in [1.54, 1.807) is 24.3 Å². The van der Waals surface area contributed by atoms with Gasteiger partial charge >= 0.3 is 0 Å². The number of benzene rings is 2. The van der Waals surface area contributed by atoms with Gasteiger partial charge in [-0.1, -0.05) is 48.9 Å². The molecule has 2 aromatic carbocycles. The number of hydrogen-bond donors (Lipinski definition) is 1. The maximum atomic E-state index is 13.4. The number of carbonyl (C=O) groups excluding carboxylic acids is 1. The monoisotopic (exact) mass is 475 g/mol. The Morgan fingerprint density at radius 2 is 1.72 bits per heavy atom. The fourth-order valence-corrected chi connectivity index (χ4v) is 6.45. The lowest BCUT2D eigenvalue weighted by Gasteiger charge is -2.46. The van der Waals surface area contributed by atoms with Crippen LogP contribution in [0, 0.1) is 0 Å². The lowest BCUT2D eigenvalue weighted by molar-refractivity contribution is -0.136. The van der Waals surface area contributed by atoms with Crippen molar-refractivity contribution >= 4 is 27.5 Å². The first-order chi connectivity index (χ1) is 15.3. The molecule has 0 saturated carbocycles. The van der Waals surface area contributed by atoms with Crippen LogP contribution >= 0.6 is 11.6 Å². The summed E-state index contributed by atoms with van der Waals surface area (Å²) in [5.74, 6) is 0.109. The highest BCUT2D eigenvalue weighted by Crippen LogP contribution is 2.37. The van der Waals surface area contributed by atoms with Gasteiger partial charge in [-0.2, -0.15) is 4.31 Å². The van der Waals surface area contributed by atoms with E-state index < -0.39 is 15.7 Å². The van der Waals surface area contributed by atoms with Gasteiger partial charge in [0.25, 0.3) is 0 Å². The summed E-state index contributed by atoms with van der Waals surface area (Å²) in [6.45, 7) is 4.87. The van der Waals surface area contributed by atoms with Crippen LogP contribution in [0.1, 0.15) is 38.7 Å². The summed E-state index contributed by atoms with van der Waals surface area (Å²) < 4.78 is 27.8. The summed E-state index contributed by atoms with van der Waals surface area (Å²) in [5, 5.41) is 4.13. The fraction of sp³-hybridized carbons (Fsp3) is 0.458. The van der Waals surface area contributed by atoms with Crippen LogP contribution in [-0.2, 0) is 21.2 Å². The van der Waals surface area contributed by atoms with Crippen molar-refractivity contribution < 1.29 is 13.2 Å². The molecule has 4 rings (SSSR count). The van der Waals surface area contributed by atoms with Crippen molar-refractivity contribution in [2.45, 2.75) is 62.2 Å². The standard InChI is InChI=1S/C24H30ClN3O3S/c1-3-18(2)28-23(29)22(17-19-7-5-4-6-8-19)26-24(28)13-15-27(16-14-24)32(30,31)21-11-9-20(25)10-12-21/h4-12,18,22,26H,3,13-17H2,1-2H3/t18-,22-/m1/s1. The van der Waals surface area contributed by atoms with Gasteiger partial charge in [-0.25, -0.2) is 8.42 Å². The maximum absolute atomic E-state index is 13.4. The van der Waals surface area contributed by atoms with Crippen LogP contribution in [0.2, 0.25) is 5.02 Å². The van der Waals surface area contributed by atoms with Crippen molar-refractivity contribution in [3.8, 4) is 0 Å². The van der Waals surface area contributed by atoms with Crippen molar-refractivity contribution in [3.05, 3.63) is 65.2 Å². The summed E-state index contributed by atoms with van der Waals surface area (Å²) >= 11 is 5.92. The van der Waals surface area contributed by atoms with Crippen LogP contribution in [0.4, 0.5) is 0 Å². The quantitative estimate of drug-likeness (QED) is 0.692. The number of halogens is 1. The Morgan fingerprint density at radius 3 is 2.31 bits per heavy atom. The molecule has 2 aliphatic rings. The molecule has 0 bridgehead atoms. The molecule has 1 spiro atoms. The topological polar surface area (TPSA) is 69.7 Å². The average molecular weight is 476 g/mol. The maximum Gasteiger partial charge on any atom is 0.243 e. The van der Waals surface area contributed by atoms with E-state index in [2.05, 4.69) is 19.2 Å². The molecule has 0 aliphatic carbocycles. The number of rotatable bonds is 6. The second-order valence-electron chi connectivity index (χ2n) is 8.74. The number of hydrogen-bond acceptors (Lipinski definition) is 4. The summed E-state index contributed by atoms with van der Waals surface area (Å²) in [4.78, 5) is 15.7. The minimum Gasteiger partial charge on any atom is -0.320 e. The third-order valence-corrected chi connectivity index (χ3v) is 8.92. The second-order valence-corrected chi connectivity index (χ2v) is 11.1. The molecule has 0 radical (unpaired) electrons. The highest BCUT2D eigenvalue weighted by atomic mass is 35.5. The molecular weight excluding hydrogens is 446 g/mol. The molecule has 172 valence electrons. The summed E-state index contributed by atoms with van der Waals surface area (Å²) in [5.41, 5.74) is 0.597. The predicted molar refractivity (Wildman–Crippen MR) is 126 cm³/mol. The van der Waals surface area contributed by atoms with Gasteiger partial charge in [-0.05, 0) is 62.4 Å². The van der Waals surface area contributed by atoms with E-state index >= 15 is 0 Å². The lowest BCUT2D eigenvalue weighted by Crippen LogP contribution is -2.61. The van der Waals surface area contributed by atoms with E-state index in [0.717, 1.165) is 12.0 Å². The van der Waals surface area contributed by atoms with Crippen molar-refractivity contribution in [1.29, 1.82) is 0 Å². The lowest BCUT2D eigenvalue weighted by atomic mass is 9.95. The van der Waals surface area contributed by atoms with Gasteiger partial charge in [0.05, 0.1) is 16.6 Å². The number of nitrogens with one attached hydrogen (secondary N) is 1. The Hall–Kier alpha value is -1.93. The van der Waals surface area contributed by atoms with Crippen molar-refractivity contribution in [2.24, 2.45) is 0 Å². The first-order valence-corrected chi connectivity index (χ1v) is 13.0.